The van der Waals surface area contributed by atoms with Crippen LogP contribution in [0.4, 0.5) is 4.39 Å². The van der Waals surface area contributed by atoms with Gasteiger partial charge in [0.05, 0.1) is 0 Å². The number of thiophene rings is 1. The number of hydrogen-bond donors (Lipinski definition) is 0. The number of halogens is 1. The molecule has 4 aromatic rings. The van der Waals surface area contributed by atoms with E-state index in [1.54, 1.807) is 23.5 Å². The molecule has 0 bridgehead atoms. The molecule has 0 spiro atoms. The summed E-state index contributed by atoms with van der Waals surface area (Å²) in [5.74, 6) is 0.423. The first-order valence-electron chi connectivity index (χ1n) is 10.7. The lowest BCUT2D eigenvalue weighted by Crippen LogP contribution is -2.44. The molecule has 0 saturated carbocycles. The summed E-state index contributed by atoms with van der Waals surface area (Å²) in [6.45, 7) is 0.706. The lowest BCUT2D eigenvalue weighted by atomic mass is 9.97. The van der Waals surface area contributed by atoms with Gasteiger partial charge in [0.25, 0.3) is 5.91 Å². The minimum atomic E-state index is -0.351. The minimum absolute atomic E-state index is 0.0116. The van der Waals surface area contributed by atoms with Crippen LogP contribution in [0.15, 0.2) is 70.5 Å². The molecule has 2 aromatic carbocycles. The van der Waals surface area contributed by atoms with Crippen LogP contribution in [0.1, 0.15) is 35.5 Å². The van der Waals surface area contributed by atoms with E-state index in [1.165, 1.54) is 12.1 Å². The number of aromatic nitrogens is 2. The van der Waals surface area contributed by atoms with Gasteiger partial charge in [0.1, 0.15) is 5.82 Å². The molecular formula is C25H22FN3O2S. The fraction of sp³-hybridized carbons (Fsp3) is 0.240. The maximum absolute atomic E-state index is 13.5. The lowest BCUT2D eigenvalue weighted by Gasteiger charge is -2.35. The first-order valence-corrected chi connectivity index (χ1v) is 11.6. The average molecular weight is 448 g/mol. The molecule has 1 aliphatic heterocycles. The molecule has 1 saturated heterocycles. The summed E-state index contributed by atoms with van der Waals surface area (Å²) < 4.78 is 19.3. The monoisotopic (exact) mass is 447 g/mol. The smallest absolute Gasteiger partial charge is 0.254 e. The van der Waals surface area contributed by atoms with Gasteiger partial charge in [-0.1, -0.05) is 24.3 Å². The highest BCUT2D eigenvalue weighted by Gasteiger charge is 2.29. The zero-order valence-corrected chi connectivity index (χ0v) is 18.2. The van der Waals surface area contributed by atoms with E-state index in [9.17, 15) is 9.18 Å². The van der Waals surface area contributed by atoms with Gasteiger partial charge in [-0.05, 0) is 66.6 Å². The Balaban J connectivity index is 1.35. The standard InChI is InChI=1S/C25H22FN3O2S/c26-20-9-4-7-18(15-20)24-28-27-23(31-24)16-21-10-1-2-12-29(21)25(30)19-8-3-6-17(14-19)22-11-5-13-32-22/h3-9,11,13-15,21H,1-2,10,12,16H2. The third-order valence-corrected chi connectivity index (χ3v) is 6.67. The van der Waals surface area contributed by atoms with Crippen LogP contribution in [0.2, 0.25) is 0 Å². The number of rotatable bonds is 5. The van der Waals surface area contributed by atoms with E-state index in [4.69, 9.17) is 4.42 Å². The predicted molar refractivity (Wildman–Crippen MR) is 122 cm³/mol. The number of nitrogens with zero attached hydrogens (tertiary/aromatic N) is 3. The number of carbonyl (C=O) groups excluding carboxylic acids is 1. The Bertz CT molecular complexity index is 1220. The molecule has 2 aromatic heterocycles. The number of amides is 1. The van der Waals surface area contributed by atoms with Crippen molar-refractivity contribution < 1.29 is 13.6 Å². The second kappa shape index (κ2) is 9.04. The van der Waals surface area contributed by atoms with Crippen molar-refractivity contribution in [3.05, 3.63) is 83.3 Å². The van der Waals surface area contributed by atoms with Gasteiger partial charge in [-0.25, -0.2) is 4.39 Å². The average Bonchev–Trinajstić information content (AvgIpc) is 3.52. The second-order valence-electron chi connectivity index (χ2n) is 7.92. The molecule has 32 heavy (non-hydrogen) atoms. The molecule has 1 aliphatic rings. The Kier molecular flexibility index (Phi) is 5.81. The van der Waals surface area contributed by atoms with Crippen molar-refractivity contribution in [3.8, 4) is 21.9 Å². The Labute approximate surface area is 189 Å². The van der Waals surface area contributed by atoms with E-state index in [0.29, 0.717) is 30.0 Å². The summed E-state index contributed by atoms with van der Waals surface area (Å²) in [6.07, 6.45) is 3.40. The highest BCUT2D eigenvalue weighted by atomic mass is 32.1. The van der Waals surface area contributed by atoms with Crippen molar-refractivity contribution in [3.63, 3.8) is 0 Å². The SMILES string of the molecule is O=C(c1cccc(-c2cccs2)c1)N1CCCCC1Cc1nnc(-c2cccc(F)c2)o1. The summed E-state index contributed by atoms with van der Waals surface area (Å²) in [7, 11) is 0. The van der Waals surface area contributed by atoms with Crippen LogP contribution in [0.25, 0.3) is 21.9 Å². The first-order chi connectivity index (χ1) is 15.7. The van der Waals surface area contributed by atoms with Crippen molar-refractivity contribution in [2.45, 2.75) is 31.7 Å². The van der Waals surface area contributed by atoms with E-state index in [0.717, 1.165) is 29.7 Å². The normalized spacial score (nSPS) is 16.3. The molecule has 1 amide bonds. The van der Waals surface area contributed by atoms with Crippen molar-refractivity contribution >= 4 is 17.2 Å². The highest BCUT2D eigenvalue weighted by Crippen LogP contribution is 2.28. The van der Waals surface area contributed by atoms with Crippen molar-refractivity contribution in [1.29, 1.82) is 0 Å². The first kappa shape index (κ1) is 20.6. The van der Waals surface area contributed by atoms with Crippen LogP contribution in [-0.2, 0) is 6.42 Å². The maximum Gasteiger partial charge on any atom is 0.254 e. The van der Waals surface area contributed by atoms with Crippen LogP contribution in [0.5, 0.6) is 0 Å². The van der Waals surface area contributed by atoms with E-state index in [-0.39, 0.29) is 23.7 Å². The van der Waals surface area contributed by atoms with E-state index >= 15 is 0 Å². The van der Waals surface area contributed by atoms with Crippen molar-refractivity contribution in [1.82, 2.24) is 15.1 Å². The largest absolute Gasteiger partial charge is 0.421 e. The molecule has 1 fully saturated rings. The van der Waals surface area contributed by atoms with E-state index in [1.807, 2.05) is 40.6 Å². The molecule has 0 N–H and O–H groups in total. The summed E-state index contributed by atoms with van der Waals surface area (Å²) in [5.41, 5.74) is 2.29. The van der Waals surface area contributed by atoms with Crippen LogP contribution < -0.4 is 0 Å². The van der Waals surface area contributed by atoms with Gasteiger partial charge in [-0.15, -0.1) is 21.5 Å². The quantitative estimate of drug-likeness (QED) is 0.386. The third kappa shape index (κ3) is 4.34. The molecule has 0 radical (unpaired) electrons. The van der Waals surface area contributed by atoms with E-state index in [2.05, 4.69) is 16.3 Å². The third-order valence-electron chi connectivity index (χ3n) is 5.75. The second-order valence-corrected chi connectivity index (χ2v) is 8.87. The zero-order chi connectivity index (χ0) is 21.9. The number of piperidine rings is 1. The van der Waals surface area contributed by atoms with Crippen molar-refractivity contribution in [2.75, 3.05) is 6.54 Å². The van der Waals surface area contributed by atoms with Gasteiger partial charge < -0.3 is 9.32 Å². The Morgan fingerprint density at radius 3 is 2.78 bits per heavy atom. The molecule has 3 heterocycles. The zero-order valence-electron chi connectivity index (χ0n) is 17.4. The molecule has 7 heteroatoms. The van der Waals surface area contributed by atoms with Crippen molar-refractivity contribution in [2.24, 2.45) is 0 Å². The number of benzene rings is 2. The summed E-state index contributed by atoms with van der Waals surface area (Å²) in [6, 6.07) is 18.0. The number of likely N-dealkylation sites (tertiary alicyclic amines) is 1. The predicted octanol–water partition coefficient (Wildman–Crippen LogP) is 5.84. The lowest BCUT2D eigenvalue weighted by molar-refractivity contribution is 0.0605. The summed E-state index contributed by atoms with van der Waals surface area (Å²) in [5, 5.41) is 10.3. The Morgan fingerprint density at radius 2 is 1.94 bits per heavy atom. The molecule has 1 atom stereocenters. The maximum atomic E-state index is 13.5. The number of carbonyl (C=O) groups is 1. The Hall–Kier alpha value is -3.32. The molecule has 5 nitrogen and oxygen atoms in total. The number of hydrogen-bond acceptors (Lipinski definition) is 5. The van der Waals surface area contributed by atoms with Crippen LogP contribution in [0.3, 0.4) is 0 Å². The Morgan fingerprint density at radius 1 is 1.06 bits per heavy atom. The fourth-order valence-electron chi connectivity index (χ4n) is 4.17. The van der Waals surface area contributed by atoms with Crippen LogP contribution >= 0.6 is 11.3 Å². The van der Waals surface area contributed by atoms with Gasteiger partial charge in [-0.3, -0.25) is 4.79 Å². The minimum Gasteiger partial charge on any atom is -0.421 e. The molecule has 162 valence electrons. The van der Waals surface area contributed by atoms with E-state index < -0.39 is 0 Å². The van der Waals surface area contributed by atoms with Crippen LogP contribution in [0, 0.1) is 5.82 Å². The topological polar surface area (TPSA) is 59.2 Å². The molecule has 1 unspecified atom stereocenters. The van der Waals surface area contributed by atoms with Gasteiger partial charge >= 0.3 is 0 Å². The van der Waals surface area contributed by atoms with Gasteiger partial charge in [0.2, 0.25) is 11.8 Å². The molecule has 0 aliphatic carbocycles. The fourth-order valence-corrected chi connectivity index (χ4v) is 4.89. The summed E-state index contributed by atoms with van der Waals surface area (Å²) in [4.78, 5) is 16.5. The molecular weight excluding hydrogens is 425 g/mol. The van der Waals surface area contributed by atoms with Gasteiger partial charge in [-0.2, -0.15) is 0 Å². The van der Waals surface area contributed by atoms with Gasteiger partial charge in [0, 0.05) is 35.0 Å². The highest BCUT2D eigenvalue weighted by molar-refractivity contribution is 7.13. The van der Waals surface area contributed by atoms with Crippen LogP contribution in [-0.4, -0.2) is 33.6 Å². The summed E-state index contributed by atoms with van der Waals surface area (Å²) >= 11 is 1.66. The molecule has 5 rings (SSSR count). The van der Waals surface area contributed by atoms with Gasteiger partial charge in [0.15, 0.2) is 0 Å².